The molecule has 0 unspecified atom stereocenters. The number of hydrogen-bond donors (Lipinski definition) is 2. The van der Waals surface area contributed by atoms with Crippen molar-refractivity contribution in [1.29, 1.82) is 0 Å². The zero-order valence-electron chi connectivity index (χ0n) is 19.9. The third-order valence-corrected chi connectivity index (χ3v) is 6.35. The summed E-state index contributed by atoms with van der Waals surface area (Å²) in [5, 5.41) is 2.96. The Hall–Kier alpha value is -2.66. The molecule has 0 bridgehead atoms. The second-order valence-electron chi connectivity index (χ2n) is 9.33. The topological polar surface area (TPSA) is 121 Å². The number of thiazole rings is 1. The van der Waals surface area contributed by atoms with Crippen molar-refractivity contribution in [2.24, 2.45) is 11.8 Å². The maximum absolute atomic E-state index is 13.5. The van der Waals surface area contributed by atoms with Gasteiger partial charge in [-0.3, -0.25) is 24.0 Å². The lowest BCUT2D eigenvalue weighted by atomic mass is 10.2. The molecule has 3 heterocycles. The number of carbonyl (C=O) groups is 1. The Bertz CT molecular complexity index is 1050. The van der Waals surface area contributed by atoms with E-state index in [1.807, 2.05) is 33.1 Å². The van der Waals surface area contributed by atoms with Gasteiger partial charge in [0.2, 0.25) is 5.91 Å². The molecule has 0 saturated carbocycles. The molecule has 3 rings (SSSR count). The van der Waals surface area contributed by atoms with Crippen LogP contribution < -0.4 is 26.8 Å². The average molecular weight is 478 g/mol. The van der Waals surface area contributed by atoms with E-state index < -0.39 is 11.2 Å². The standard InChI is InChI=1S/C22H35N7O3S/c1-15(2)12-28(18-19(23)29(13-16(3)4)21(32)25-20(18)31)17(30)14-26-7-5-8-27(10-9-26)22-24-6-11-33-22/h6,11,15-16H,5,7-10,12-14,23H2,1-4H3,(H,25,31,32). The van der Waals surface area contributed by atoms with Gasteiger partial charge in [-0.2, -0.15) is 0 Å². The lowest BCUT2D eigenvalue weighted by Crippen LogP contribution is -2.47. The number of H-pyrrole nitrogens is 1. The highest BCUT2D eigenvalue weighted by atomic mass is 32.1. The molecule has 33 heavy (non-hydrogen) atoms. The molecule has 1 saturated heterocycles. The van der Waals surface area contributed by atoms with Crippen molar-refractivity contribution in [2.75, 3.05) is 54.8 Å². The summed E-state index contributed by atoms with van der Waals surface area (Å²) in [6.07, 6.45) is 2.72. The van der Waals surface area contributed by atoms with Gasteiger partial charge in [0.05, 0.1) is 6.54 Å². The van der Waals surface area contributed by atoms with Crippen LogP contribution in [0.5, 0.6) is 0 Å². The lowest BCUT2D eigenvalue weighted by Gasteiger charge is -2.29. The molecule has 2 aromatic rings. The second-order valence-corrected chi connectivity index (χ2v) is 10.2. The zero-order valence-corrected chi connectivity index (χ0v) is 20.7. The number of nitrogens with one attached hydrogen (secondary N) is 1. The fourth-order valence-electron chi connectivity index (χ4n) is 4.04. The molecule has 0 spiro atoms. The predicted octanol–water partition coefficient (Wildman–Crippen LogP) is 1.43. The smallest absolute Gasteiger partial charge is 0.330 e. The molecule has 1 fully saturated rings. The first-order valence-corrected chi connectivity index (χ1v) is 12.3. The molecule has 0 atom stereocenters. The Balaban J connectivity index is 1.82. The summed E-state index contributed by atoms with van der Waals surface area (Å²) in [7, 11) is 0. The molecule has 10 nitrogen and oxygen atoms in total. The van der Waals surface area contributed by atoms with Crippen LogP contribution in [0, 0.1) is 11.8 Å². The molecule has 0 aromatic carbocycles. The van der Waals surface area contributed by atoms with Gasteiger partial charge in [0.25, 0.3) is 5.56 Å². The lowest BCUT2D eigenvalue weighted by molar-refractivity contribution is -0.119. The van der Waals surface area contributed by atoms with Gasteiger partial charge in [-0.05, 0) is 18.3 Å². The third kappa shape index (κ3) is 6.23. The fourth-order valence-corrected chi connectivity index (χ4v) is 4.73. The van der Waals surface area contributed by atoms with Gasteiger partial charge < -0.3 is 15.5 Å². The van der Waals surface area contributed by atoms with E-state index in [-0.39, 0.29) is 35.8 Å². The maximum Gasteiger partial charge on any atom is 0.330 e. The summed E-state index contributed by atoms with van der Waals surface area (Å²) >= 11 is 1.61. The van der Waals surface area contributed by atoms with E-state index in [1.165, 1.54) is 9.47 Å². The van der Waals surface area contributed by atoms with Crippen LogP contribution in [0.4, 0.5) is 16.6 Å². The van der Waals surface area contributed by atoms with Gasteiger partial charge in [0, 0.05) is 50.8 Å². The molecule has 0 aliphatic carbocycles. The molecule has 11 heteroatoms. The van der Waals surface area contributed by atoms with E-state index in [1.54, 1.807) is 17.5 Å². The van der Waals surface area contributed by atoms with Crippen LogP contribution in [0.1, 0.15) is 34.1 Å². The first kappa shape index (κ1) is 25.0. The number of nitrogens with two attached hydrogens (primary N) is 1. The summed E-state index contributed by atoms with van der Waals surface area (Å²) in [4.78, 5) is 51.1. The van der Waals surface area contributed by atoms with E-state index in [0.717, 1.165) is 37.7 Å². The van der Waals surface area contributed by atoms with Crippen molar-refractivity contribution in [1.82, 2.24) is 19.4 Å². The number of nitrogen functional groups attached to an aromatic ring is 1. The molecule has 0 radical (unpaired) electrons. The molecule has 1 aliphatic rings. The number of carbonyl (C=O) groups excluding carboxylic acids is 1. The fraction of sp³-hybridized carbons (Fsp3) is 0.636. The highest BCUT2D eigenvalue weighted by Crippen LogP contribution is 2.21. The number of nitrogens with zero attached hydrogens (tertiary/aromatic N) is 5. The monoisotopic (exact) mass is 477 g/mol. The van der Waals surface area contributed by atoms with Crippen LogP contribution in [-0.4, -0.2) is 64.6 Å². The Kier molecular flexibility index (Phi) is 8.30. The predicted molar refractivity (Wildman–Crippen MR) is 133 cm³/mol. The van der Waals surface area contributed by atoms with Crippen molar-refractivity contribution in [2.45, 2.75) is 40.7 Å². The van der Waals surface area contributed by atoms with Gasteiger partial charge in [0.15, 0.2) is 10.8 Å². The maximum atomic E-state index is 13.5. The van der Waals surface area contributed by atoms with E-state index in [0.29, 0.717) is 13.1 Å². The summed E-state index contributed by atoms with van der Waals surface area (Å²) in [6.45, 7) is 11.9. The molecule has 1 aliphatic heterocycles. The Morgan fingerprint density at radius 1 is 1.18 bits per heavy atom. The van der Waals surface area contributed by atoms with Crippen LogP contribution in [0.3, 0.4) is 0 Å². The summed E-state index contributed by atoms with van der Waals surface area (Å²) in [6, 6.07) is 0. The van der Waals surface area contributed by atoms with Crippen LogP contribution in [0.2, 0.25) is 0 Å². The molecule has 2 aromatic heterocycles. The van der Waals surface area contributed by atoms with Crippen molar-refractivity contribution < 1.29 is 4.79 Å². The highest BCUT2D eigenvalue weighted by molar-refractivity contribution is 7.13. The number of aromatic nitrogens is 3. The second kappa shape index (κ2) is 11.0. The third-order valence-electron chi connectivity index (χ3n) is 5.52. The van der Waals surface area contributed by atoms with Crippen LogP contribution in [0.25, 0.3) is 0 Å². The molecule has 3 N–H and O–H groups in total. The Morgan fingerprint density at radius 3 is 2.58 bits per heavy atom. The van der Waals surface area contributed by atoms with Gasteiger partial charge >= 0.3 is 5.69 Å². The minimum atomic E-state index is -0.627. The van der Waals surface area contributed by atoms with Crippen molar-refractivity contribution in [3.63, 3.8) is 0 Å². The Labute approximate surface area is 198 Å². The Morgan fingerprint density at radius 2 is 1.94 bits per heavy atom. The van der Waals surface area contributed by atoms with Gasteiger partial charge in [-0.1, -0.05) is 27.7 Å². The van der Waals surface area contributed by atoms with Gasteiger partial charge in [-0.15, -0.1) is 11.3 Å². The van der Waals surface area contributed by atoms with Crippen LogP contribution in [0.15, 0.2) is 21.2 Å². The van der Waals surface area contributed by atoms with Gasteiger partial charge in [-0.25, -0.2) is 9.78 Å². The van der Waals surface area contributed by atoms with E-state index >= 15 is 0 Å². The minimum absolute atomic E-state index is 0.0391. The van der Waals surface area contributed by atoms with E-state index in [4.69, 9.17) is 5.73 Å². The molecule has 182 valence electrons. The average Bonchev–Trinajstić information content (AvgIpc) is 3.17. The van der Waals surface area contributed by atoms with Crippen LogP contribution in [-0.2, 0) is 11.3 Å². The first-order valence-electron chi connectivity index (χ1n) is 11.5. The van der Waals surface area contributed by atoms with Crippen molar-refractivity contribution in [3.05, 3.63) is 32.4 Å². The number of aromatic amines is 1. The van der Waals surface area contributed by atoms with E-state index in [2.05, 4.69) is 19.8 Å². The largest absolute Gasteiger partial charge is 0.383 e. The zero-order chi connectivity index (χ0) is 24.1. The van der Waals surface area contributed by atoms with Gasteiger partial charge in [0.1, 0.15) is 5.82 Å². The van der Waals surface area contributed by atoms with Crippen molar-refractivity contribution in [3.8, 4) is 0 Å². The number of rotatable bonds is 8. The quantitative estimate of drug-likeness (QED) is 0.590. The SMILES string of the molecule is CC(C)CN(C(=O)CN1CCCN(c2nccs2)CC1)c1c(N)n(CC(C)C)c(=O)[nH]c1=O. The summed E-state index contributed by atoms with van der Waals surface area (Å²) in [5.41, 5.74) is 5.18. The van der Waals surface area contributed by atoms with E-state index in [9.17, 15) is 14.4 Å². The summed E-state index contributed by atoms with van der Waals surface area (Å²) < 4.78 is 1.35. The van der Waals surface area contributed by atoms with Crippen molar-refractivity contribution >= 4 is 33.9 Å². The number of hydrogen-bond acceptors (Lipinski definition) is 8. The van der Waals surface area contributed by atoms with Crippen LogP contribution >= 0.6 is 11.3 Å². The highest BCUT2D eigenvalue weighted by Gasteiger charge is 2.27. The molecular weight excluding hydrogens is 442 g/mol. The minimum Gasteiger partial charge on any atom is -0.383 e. The molecular formula is C22H35N7O3S. The normalized spacial score (nSPS) is 15.3. The first-order chi connectivity index (χ1) is 15.7. The summed E-state index contributed by atoms with van der Waals surface area (Å²) in [5.74, 6) is 0.106. The number of amides is 1. The molecule has 1 amide bonds. The number of anilines is 3.